The van der Waals surface area contributed by atoms with E-state index in [4.69, 9.17) is 23.2 Å². The molecule has 0 aliphatic rings. The summed E-state index contributed by atoms with van der Waals surface area (Å²) >= 11 is 10.9. The molecule has 0 heterocycles. The molecule has 0 radical (unpaired) electrons. The summed E-state index contributed by atoms with van der Waals surface area (Å²) in [5, 5.41) is 16.4. The Kier molecular flexibility index (Phi) is 5.72. The number of rotatable bonds is 4. The third kappa shape index (κ3) is 4.18. The van der Waals surface area contributed by atoms with Crippen LogP contribution in [0.2, 0.25) is 5.02 Å². The van der Waals surface area contributed by atoms with Crippen molar-refractivity contribution >= 4 is 34.9 Å². The van der Waals surface area contributed by atoms with Crippen LogP contribution in [0.1, 0.15) is 0 Å². The molecule has 0 fully saturated rings. The van der Waals surface area contributed by atoms with Crippen LogP contribution >= 0.6 is 23.2 Å². The van der Waals surface area contributed by atoms with Crippen LogP contribution in [0, 0.1) is 5.82 Å². The molecule has 0 amide bonds. The van der Waals surface area contributed by atoms with Gasteiger partial charge in [-0.05, 0) is 18.2 Å². The number of allylic oxidation sites excluding steroid dienone is 1. The molecule has 0 spiro atoms. The van der Waals surface area contributed by atoms with Crippen molar-refractivity contribution in [3.8, 4) is 0 Å². The Morgan fingerprint density at radius 1 is 1.53 bits per heavy atom. The van der Waals surface area contributed by atoms with Crippen LogP contribution in [0.25, 0.3) is 0 Å². The molecule has 0 unspecified atom stereocenters. The van der Waals surface area contributed by atoms with Crippen molar-refractivity contribution in [2.75, 3.05) is 13.0 Å². The molecule has 0 atom stereocenters. The maximum Gasteiger partial charge on any atom is 0.362 e. The fourth-order valence-corrected chi connectivity index (χ4v) is 1.33. The first-order valence-electron chi connectivity index (χ1n) is 4.92. The van der Waals surface area contributed by atoms with Crippen molar-refractivity contribution in [3.63, 3.8) is 0 Å². The highest BCUT2D eigenvalue weighted by Crippen LogP contribution is 2.22. The molecule has 0 saturated carbocycles. The Bertz CT molecular complexity index is 547. The molecule has 5 nitrogen and oxygen atoms in total. The summed E-state index contributed by atoms with van der Waals surface area (Å²) in [6.45, 7) is 0. The Hall–Kier alpha value is -1.66. The molecule has 1 N–H and O–H groups in total. The minimum atomic E-state index is -0.893. The SMILES string of the molecule is COC(=O)/C(N=Nc1ccc(F)c(Cl)c1)=C(/O)CCl. The van der Waals surface area contributed by atoms with Crippen molar-refractivity contribution in [3.05, 3.63) is 40.5 Å². The van der Waals surface area contributed by atoms with Gasteiger partial charge in [0.15, 0.2) is 0 Å². The van der Waals surface area contributed by atoms with E-state index in [9.17, 15) is 14.3 Å². The molecule has 102 valence electrons. The lowest BCUT2D eigenvalue weighted by Crippen LogP contribution is -2.06. The van der Waals surface area contributed by atoms with Crippen LogP contribution in [0.3, 0.4) is 0 Å². The first-order valence-corrected chi connectivity index (χ1v) is 5.84. The van der Waals surface area contributed by atoms with Gasteiger partial charge in [-0.2, -0.15) is 5.11 Å². The number of benzene rings is 1. The molecular formula is C11H9Cl2FN2O3. The standard InChI is InChI=1S/C11H9Cl2FN2O3/c1-19-11(18)10(9(17)5-12)16-15-6-2-3-8(14)7(13)4-6/h2-4,17H,5H2,1H3/b10-9-,16-15?. The molecule has 1 aromatic carbocycles. The van der Waals surface area contributed by atoms with E-state index >= 15 is 0 Å². The van der Waals surface area contributed by atoms with E-state index in [-0.39, 0.29) is 16.6 Å². The van der Waals surface area contributed by atoms with E-state index < -0.39 is 23.2 Å². The zero-order valence-electron chi connectivity index (χ0n) is 9.73. The fourth-order valence-electron chi connectivity index (χ4n) is 1.03. The Morgan fingerprint density at radius 3 is 2.74 bits per heavy atom. The number of alkyl halides is 1. The molecule has 0 aromatic heterocycles. The van der Waals surface area contributed by atoms with Crippen molar-refractivity contribution in [2.45, 2.75) is 0 Å². The van der Waals surface area contributed by atoms with Gasteiger partial charge in [0.2, 0.25) is 5.70 Å². The molecular weight excluding hydrogens is 298 g/mol. The predicted octanol–water partition coefficient (Wildman–Crippen LogP) is 3.74. The summed E-state index contributed by atoms with van der Waals surface area (Å²) in [5.41, 5.74) is -0.229. The van der Waals surface area contributed by atoms with E-state index in [1.807, 2.05) is 0 Å². The second-order valence-corrected chi connectivity index (χ2v) is 3.89. The summed E-state index contributed by atoms with van der Waals surface area (Å²) in [5.74, 6) is -2.30. The second kappa shape index (κ2) is 7.06. The highest BCUT2D eigenvalue weighted by Gasteiger charge is 2.15. The van der Waals surface area contributed by atoms with Crippen LogP contribution in [-0.2, 0) is 9.53 Å². The quantitative estimate of drug-likeness (QED) is 0.303. The molecule has 0 saturated heterocycles. The normalized spacial score (nSPS) is 12.4. The number of esters is 1. The van der Waals surface area contributed by atoms with Gasteiger partial charge < -0.3 is 9.84 Å². The summed E-state index contributed by atoms with van der Waals surface area (Å²) in [6.07, 6.45) is 0. The number of methoxy groups -OCH3 is 1. The third-order valence-electron chi connectivity index (χ3n) is 1.95. The first kappa shape index (κ1) is 15.4. The zero-order valence-corrected chi connectivity index (χ0v) is 11.2. The highest BCUT2D eigenvalue weighted by molar-refractivity contribution is 6.31. The fraction of sp³-hybridized carbons (Fsp3) is 0.182. The minimum absolute atomic E-state index is 0.137. The first-order chi connectivity index (χ1) is 8.99. The van der Waals surface area contributed by atoms with Crippen molar-refractivity contribution < 1.29 is 19.0 Å². The molecule has 19 heavy (non-hydrogen) atoms. The molecule has 0 bridgehead atoms. The van der Waals surface area contributed by atoms with Crippen molar-refractivity contribution in [1.82, 2.24) is 0 Å². The number of halogens is 3. The van der Waals surface area contributed by atoms with Crippen LogP contribution in [0.5, 0.6) is 0 Å². The number of ether oxygens (including phenoxy) is 1. The largest absolute Gasteiger partial charge is 0.508 e. The third-order valence-corrected chi connectivity index (χ3v) is 2.49. The van der Waals surface area contributed by atoms with E-state index in [2.05, 4.69) is 15.0 Å². The van der Waals surface area contributed by atoms with Crippen molar-refractivity contribution in [2.24, 2.45) is 10.2 Å². The van der Waals surface area contributed by atoms with Gasteiger partial charge >= 0.3 is 5.97 Å². The lowest BCUT2D eigenvalue weighted by Gasteiger charge is -2.01. The molecule has 1 rings (SSSR count). The summed E-state index contributed by atoms with van der Waals surface area (Å²) in [4.78, 5) is 11.3. The van der Waals surface area contributed by atoms with Crippen LogP contribution < -0.4 is 0 Å². The van der Waals surface area contributed by atoms with Crippen LogP contribution in [0.4, 0.5) is 10.1 Å². The number of aliphatic hydroxyl groups is 1. The summed E-state index contributed by atoms with van der Waals surface area (Å²) in [6, 6.07) is 3.62. The number of nitrogens with zero attached hydrogens (tertiary/aromatic N) is 2. The lowest BCUT2D eigenvalue weighted by molar-refractivity contribution is -0.136. The topological polar surface area (TPSA) is 71.2 Å². The van der Waals surface area contributed by atoms with Gasteiger partial charge in [0.25, 0.3) is 0 Å². The molecule has 0 aliphatic heterocycles. The maximum absolute atomic E-state index is 12.9. The Labute approximate surface area is 118 Å². The minimum Gasteiger partial charge on any atom is -0.508 e. The lowest BCUT2D eigenvalue weighted by atomic mass is 10.3. The average molecular weight is 307 g/mol. The zero-order chi connectivity index (χ0) is 14.4. The second-order valence-electron chi connectivity index (χ2n) is 3.22. The van der Waals surface area contributed by atoms with Crippen molar-refractivity contribution in [1.29, 1.82) is 0 Å². The number of hydrogen-bond acceptors (Lipinski definition) is 5. The predicted molar refractivity (Wildman–Crippen MR) is 68.3 cm³/mol. The van der Waals surface area contributed by atoms with E-state index in [1.165, 1.54) is 12.1 Å². The Morgan fingerprint density at radius 2 is 2.21 bits per heavy atom. The number of carbonyl (C=O) groups is 1. The number of carbonyl (C=O) groups excluding carboxylic acids is 1. The molecule has 1 aromatic rings. The molecule has 8 heteroatoms. The van der Waals surface area contributed by atoms with Gasteiger partial charge in [-0.1, -0.05) is 11.6 Å². The van der Waals surface area contributed by atoms with Gasteiger partial charge in [0.1, 0.15) is 11.6 Å². The summed E-state index contributed by atoms with van der Waals surface area (Å²) < 4.78 is 17.3. The number of hydrogen-bond donors (Lipinski definition) is 1. The molecule has 0 aliphatic carbocycles. The van der Waals surface area contributed by atoms with Gasteiger partial charge in [0, 0.05) is 0 Å². The Balaban J connectivity index is 3.05. The van der Waals surface area contributed by atoms with Gasteiger partial charge in [-0.3, -0.25) is 0 Å². The monoisotopic (exact) mass is 306 g/mol. The summed E-state index contributed by atoms with van der Waals surface area (Å²) in [7, 11) is 1.12. The van der Waals surface area contributed by atoms with E-state index in [0.29, 0.717) is 0 Å². The van der Waals surface area contributed by atoms with Gasteiger partial charge in [-0.15, -0.1) is 16.7 Å². The smallest absolute Gasteiger partial charge is 0.362 e. The van der Waals surface area contributed by atoms with E-state index in [1.54, 1.807) is 0 Å². The van der Waals surface area contributed by atoms with E-state index in [0.717, 1.165) is 13.2 Å². The van der Waals surface area contributed by atoms with Gasteiger partial charge in [0.05, 0.1) is 23.7 Å². The maximum atomic E-state index is 12.9. The van der Waals surface area contributed by atoms with Crippen LogP contribution in [0.15, 0.2) is 39.9 Å². The number of aliphatic hydroxyl groups excluding tert-OH is 1. The van der Waals surface area contributed by atoms with Gasteiger partial charge in [-0.25, -0.2) is 9.18 Å². The van der Waals surface area contributed by atoms with Crippen LogP contribution in [-0.4, -0.2) is 24.1 Å². The number of azo groups is 1. The average Bonchev–Trinajstić information content (AvgIpc) is 2.42. The highest BCUT2D eigenvalue weighted by atomic mass is 35.5.